The number of anilines is 1. The molecule has 0 fully saturated rings. The topological polar surface area (TPSA) is 115 Å². The van der Waals surface area contributed by atoms with E-state index in [9.17, 15) is 34.8 Å². The third kappa shape index (κ3) is 3.88. The summed E-state index contributed by atoms with van der Waals surface area (Å²) in [6.45, 7) is 0. The van der Waals surface area contributed by atoms with Crippen molar-refractivity contribution in [2.75, 3.05) is 5.32 Å². The summed E-state index contributed by atoms with van der Waals surface area (Å²) in [5, 5.41) is 6.60. The van der Waals surface area contributed by atoms with Crippen LogP contribution in [0, 0.1) is 5.82 Å². The second kappa shape index (κ2) is 7.74. The van der Waals surface area contributed by atoms with Crippen LogP contribution in [-0.2, 0) is 31.2 Å². The van der Waals surface area contributed by atoms with Gasteiger partial charge in [-0.05, 0) is 36.4 Å². The molecule has 0 unspecified atom stereocenters. The Bertz CT molecular complexity index is 1430. The Balaban J connectivity index is 1.81. The zero-order valence-corrected chi connectivity index (χ0v) is 17.6. The molecule has 0 atom stereocenters. The van der Waals surface area contributed by atoms with Gasteiger partial charge in [-0.2, -0.15) is 13.9 Å². The molecule has 0 bridgehead atoms. The molecule has 2 aromatic carbocycles. The Hall–Kier alpha value is -3.19. The number of aromatic nitrogens is 2. The Labute approximate surface area is 180 Å². The van der Waals surface area contributed by atoms with Crippen molar-refractivity contribution in [1.82, 2.24) is 9.78 Å². The molecule has 13 heteroatoms. The van der Waals surface area contributed by atoms with Crippen molar-refractivity contribution in [1.29, 1.82) is 0 Å². The van der Waals surface area contributed by atoms with Crippen molar-refractivity contribution in [3.05, 3.63) is 71.2 Å². The number of nitrogens with one attached hydrogen (secondary N) is 1. The molecule has 8 nitrogen and oxygen atoms in total. The Kier molecular flexibility index (Phi) is 5.33. The quantitative estimate of drug-likeness (QED) is 0.594. The number of benzene rings is 2. The van der Waals surface area contributed by atoms with E-state index in [4.69, 9.17) is 0 Å². The second-order valence-corrected chi connectivity index (χ2v) is 10.9. The standard InChI is InChI=1S/C19H14F3N3O5S2/c20-11-5-7-12(8-6-11)25-17(14-9-31(27,28)10-15(14)24-25)23-18(26)13-3-1-2-4-16(13)32(29,30)19(21)22/h1-8,19H,9-10H2,(H,23,26). The van der Waals surface area contributed by atoms with Gasteiger partial charge in [0, 0.05) is 5.56 Å². The van der Waals surface area contributed by atoms with Crippen LogP contribution in [0.1, 0.15) is 21.6 Å². The molecule has 32 heavy (non-hydrogen) atoms. The highest BCUT2D eigenvalue weighted by Gasteiger charge is 2.35. The van der Waals surface area contributed by atoms with Crippen LogP contribution in [0.4, 0.5) is 19.0 Å². The van der Waals surface area contributed by atoms with Crippen LogP contribution in [0.25, 0.3) is 5.69 Å². The minimum atomic E-state index is -5.08. The molecule has 0 spiro atoms. The third-order valence-electron chi connectivity index (χ3n) is 4.76. The summed E-state index contributed by atoms with van der Waals surface area (Å²) in [5.74, 6) is -6.23. The molecular formula is C19H14F3N3O5S2. The molecule has 1 aromatic heterocycles. The van der Waals surface area contributed by atoms with Crippen LogP contribution >= 0.6 is 0 Å². The van der Waals surface area contributed by atoms with Crippen LogP contribution in [-0.4, -0.2) is 38.3 Å². The molecule has 0 aliphatic carbocycles. The number of halogens is 3. The predicted molar refractivity (Wildman–Crippen MR) is 107 cm³/mol. The summed E-state index contributed by atoms with van der Waals surface area (Å²) in [6.07, 6.45) is 0. The molecule has 168 valence electrons. The molecular weight excluding hydrogens is 471 g/mol. The van der Waals surface area contributed by atoms with E-state index in [0.717, 1.165) is 24.3 Å². The smallest absolute Gasteiger partial charge is 0.306 e. The number of carbonyl (C=O) groups is 1. The van der Waals surface area contributed by atoms with Crippen LogP contribution in [0.15, 0.2) is 53.4 Å². The summed E-state index contributed by atoms with van der Waals surface area (Å²) in [4.78, 5) is 12.1. The number of nitrogens with zero attached hydrogens (tertiary/aromatic N) is 2. The molecule has 1 aliphatic heterocycles. The van der Waals surface area contributed by atoms with Crippen LogP contribution in [0.2, 0.25) is 0 Å². The molecule has 0 saturated carbocycles. The van der Waals surface area contributed by atoms with E-state index in [1.54, 1.807) is 0 Å². The van der Waals surface area contributed by atoms with Gasteiger partial charge in [0.25, 0.3) is 5.91 Å². The van der Waals surface area contributed by atoms with Gasteiger partial charge in [-0.3, -0.25) is 4.79 Å². The van der Waals surface area contributed by atoms with E-state index < -0.39 is 53.4 Å². The van der Waals surface area contributed by atoms with Gasteiger partial charge >= 0.3 is 5.76 Å². The average Bonchev–Trinajstić information content (AvgIpc) is 3.20. The maximum atomic E-state index is 13.3. The summed E-state index contributed by atoms with van der Waals surface area (Å²) < 4.78 is 88.7. The number of alkyl halides is 2. The number of sulfone groups is 2. The summed E-state index contributed by atoms with van der Waals surface area (Å²) in [7, 11) is -8.60. The van der Waals surface area contributed by atoms with Gasteiger partial charge < -0.3 is 5.32 Å². The Morgan fingerprint density at radius 1 is 1.06 bits per heavy atom. The summed E-state index contributed by atoms with van der Waals surface area (Å²) in [5.41, 5.74) is 0.0891. The van der Waals surface area contributed by atoms with Crippen LogP contribution < -0.4 is 5.32 Å². The van der Waals surface area contributed by atoms with E-state index >= 15 is 0 Å². The first-order valence-electron chi connectivity index (χ1n) is 8.99. The van der Waals surface area contributed by atoms with Crippen molar-refractivity contribution in [3.63, 3.8) is 0 Å². The van der Waals surface area contributed by atoms with Crippen molar-refractivity contribution >= 4 is 31.4 Å². The molecule has 1 N–H and O–H groups in total. The first-order valence-corrected chi connectivity index (χ1v) is 12.4. The lowest BCUT2D eigenvalue weighted by atomic mass is 10.2. The van der Waals surface area contributed by atoms with Crippen molar-refractivity contribution in [3.8, 4) is 5.69 Å². The normalized spacial score (nSPS) is 15.0. The molecule has 3 aromatic rings. The molecule has 0 radical (unpaired) electrons. The highest BCUT2D eigenvalue weighted by molar-refractivity contribution is 7.91. The summed E-state index contributed by atoms with van der Waals surface area (Å²) in [6, 6.07) is 9.38. The SMILES string of the molecule is O=C(Nc1c2c(nn1-c1ccc(F)cc1)CS(=O)(=O)C2)c1ccccc1S(=O)(=O)C(F)F. The van der Waals surface area contributed by atoms with Gasteiger partial charge in [0.2, 0.25) is 9.84 Å². The Morgan fingerprint density at radius 2 is 1.72 bits per heavy atom. The minimum Gasteiger partial charge on any atom is -0.306 e. The maximum Gasteiger partial charge on any atom is 0.341 e. The van der Waals surface area contributed by atoms with Gasteiger partial charge in [-0.1, -0.05) is 12.1 Å². The fourth-order valence-electron chi connectivity index (χ4n) is 3.31. The van der Waals surface area contributed by atoms with E-state index in [2.05, 4.69) is 10.4 Å². The average molecular weight is 485 g/mol. The number of fused-ring (bicyclic) bond motifs is 1. The van der Waals surface area contributed by atoms with Crippen LogP contribution in [0.3, 0.4) is 0 Å². The van der Waals surface area contributed by atoms with E-state index in [1.807, 2.05) is 0 Å². The van der Waals surface area contributed by atoms with E-state index in [-0.39, 0.29) is 22.8 Å². The highest BCUT2D eigenvalue weighted by atomic mass is 32.2. The third-order valence-corrected chi connectivity index (χ3v) is 7.64. The number of rotatable bonds is 5. The fourth-order valence-corrected chi connectivity index (χ4v) is 5.73. The van der Waals surface area contributed by atoms with Crippen molar-refractivity contribution in [2.24, 2.45) is 0 Å². The Morgan fingerprint density at radius 3 is 2.38 bits per heavy atom. The van der Waals surface area contributed by atoms with Gasteiger partial charge in [0.05, 0.1) is 33.3 Å². The first kappa shape index (κ1) is 22.0. The fraction of sp³-hybridized carbons (Fsp3) is 0.158. The summed E-state index contributed by atoms with van der Waals surface area (Å²) >= 11 is 0. The van der Waals surface area contributed by atoms with Gasteiger partial charge in [0.1, 0.15) is 11.6 Å². The maximum absolute atomic E-state index is 13.3. The predicted octanol–water partition coefficient (Wildman–Crippen LogP) is 2.69. The van der Waals surface area contributed by atoms with Crippen molar-refractivity contribution in [2.45, 2.75) is 22.2 Å². The second-order valence-electron chi connectivity index (χ2n) is 6.95. The highest BCUT2D eigenvalue weighted by Crippen LogP contribution is 2.33. The number of hydrogen-bond donors (Lipinski definition) is 1. The van der Waals surface area contributed by atoms with E-state index in [1.165, 1.54) is 28.9 Å². The lowest BCUT2D eigenvalue weighted by Gasteiger charge is -2.13. The first-order chi connectivity index (χ1) is 15.0. The van der Waals surface area contributed by atoms with Gasteiger partial charge in [-0.25, -0.2) is 25.9 Å². The molecule has 1 aliphatic rings. The lowest BCUT2D eigenvalue weighted by Crippen LogP contribution is -2.21. The minimum absolute atomic E-state index is 0.0815. The van der Waals surface area contributed by atoms with Gasteiger partial charge in [-0.15, -0.1) is 0 Å². The zero-order valence-electron chi connectivity index (χ0n) is 16.0. The largest absolute Gasteiger partial charge is 0.341 e. The molecule has 1 amide bonds. The van der Waals surface area contributed by atoms with Crippen LogP contribution in [0.5, 0.6) is 0 Å². The van der Waals surface area contributed by atoms with Gasteiger partial charge in [0.15, 0.2) is 9.84 Å². The van der Waals surface area contributed by atoms with E-state index in [0.29, 0.717) is 5.69 Å². The number of carbonyl (C=O) groups excluding carboxylic acids is 1. The van der Waals surface area contributed by atoms with Crippen molar-refractivity contribution < 1.29 is 34.8 Å². The molecule has 0 saturated heterocycles. The number of amides is 1. The lowest BCUT2D eigenvalue weighted by molar-refractivity contribution is 0.102. The monoisotopic (exact) mass is 485 g/mol. The number of hydrogen-bond acceptors (Lipinski definition) is 6. The molecule has 2 heterocycles. The molecule has 4 rings (SSSR count). The zero-order chi connectivity index (χ0) is 23.3.